The Balaban J connectivity index is 1.87. The molecule has 0 aliphatic carbocycles. The van der Waals surface area contributed by atoms with Crippen LogP contribution < -0.4 is 10.6 Å². The van der Waals surface area contributed by atoms with Gasteiger partial charge in [0.15, 0.2) is 0 Å². The van der Waals surface area contributed by atoms with Crippen molar-refractivity contribution in [2.24, 2.45) is 0 Å². The number of carbonyl (C=O) groups is 3. The highest BCUT2D eigenvalue weighted by molar-refractivity contribution is 9.10. The number of hydrogen-bond donors (Lipinski definition) is 2. The first-order chi connectivity index (χ1) is 13.0. The van der Waals surface area contributed by atoms with E-state index in [1.54, 1.807) is 30.0 Å². The van der Waals surface area contributed by atoms with Gasteiger partial charge in [-0.25, -0.2) is 0 Å². The maximum absolute atomic E-state index is 12.5. The molecule has 0 bridgehead atoms. The minimum absolute atomic E-state index is 0.0747. The quantitative estimate of drug-likeness (QED) is 0.599. The SMILES string of the molecule is CSCCC(NC(=O)c1ccccc1Br)C(=O)NCCC(=O)N1CCCC1. The molecule has 1 fully saturated rings. The molecular weight excluding hydrogens is 430 g/mol. The van der Waals surface area contributed by atoms with E-state index in [0.717, 1.165) is 31.7 Å². The molecule has 0 aromatic heterocycles. The maximum atomic E-state index is 12.5. The monoisotopic (exact) mass is 455 g/mol. The minimum Gasteiger partial charge on any atom is -0.354 e. The van der Waals surface area contributed by atoms with Gasteiger partial charge in [0.05, 0.1) is 5.56 Å². The first-order valence-corrected chi connectivity index (χ1v) is 11.3. The molecule has 1 atom stereocenters. The third kappa shape index (κ3) is 6.84. The summed E-state index contributed by atoms with van der Waals surface area (Å²) in [6.07, 6.45) is 4.88. The number of carbonyl (C=O) groups excluding carboxylic acids is 3. The van der Waals surface area contributed by atoms with E-state index in [1.165, 1.54) is 0 Å². The minimum atomic E-state index is -0.626. The van der Waals surface area contributed by atoms with E-state index in [-0.39, 0.29) is 24.3 Å². The molecule has 0 spiro atoms. The Labute approximate surface area is 173 Å². The highest BCUT2D eigenvalue weighted by Crippen LogP contribution is 2.16. The lowest BCUT2D eigenvalue weighted by Gasteiger charge is -2.19. The van der Waals surface area contributed by atoms with Crippen LogP contribution in [0.25, 0.3) is 0 Å². The first-order valence-electron chi connectivity index (χ1n) is 9.12. The number of nitrogens with one attached hydrogen (secondary N) is 2. The van der Waals surface area contributed by atoms with Crippen LogP contribution >= 0.6 is 27.7 Å². The Bertz CT molecular complexity index is 665. The Hall–Kier alpha value is -1.54. The van der Waals surface area contributed by atoms with Crippen molar-refractivity contribution in [2.75, 3.05) is 31.6 Å². The van der Waals surface area contributed by atoms with Crippen LogP contribution in [0, 0.1) is 0 Å². The second kappa shape index (κ2) is 11.3. The van der Waals surface area contributed by atoms with Gasteiger partial charge in [0, 0.05) is 30.5 Å². The summed E-state index contributed by atoms with van der Waals surface area (Å²) in [6, 6.07) is 6.48. The Morgan fingerprint density at radius 1 is 1.22 bits per heavy atom. The third-order valence-corrected chi connectivity index (χ3v) is 5.78. The van der Waals surface area contributed by atoms with E-state index in [9.17, 15) is 14.4 Å². The molecular formula is C19H26BrN3O3S. The molecule has 6 nitrogen and oxygen atoms in total. The maximum Gasteiger partial charge on any atom is 0.253 e. The number of likely N-dealkylation sites (tertiary alicyclic amines) is 1. The summed E-state index contributed by atoms with van der Waals surface area (Å²) < 4.78 is 0.683. The molecule has 1 aliphatic heterocycles. The number of hydrogen-bond acceptors (Lipinski definition) is 4. The van der Waals surface area contributed by atoms with Crippen LogP contribution in [-0.4, -0.2) is 60.3 Å². The fraction of sp³-hybridized carbons (Fsp3) is 0.526. The van der Waals surface area contributed by atoms with Crippen molar-refractivity contribution in [1.29, 1.82) is 0 Å². The van der Waals surface area contributed by atoms with Crippen LogP contribution in [0.3, 0.4) is 0 Å². The zero-order valence-electron chi connectivity index (χ0n) is 15.5. The molecule has 0 radical (unpaired) electrons. The predicted octanol–water partition coefficient (Wildman–Crippen LogP) is 2.43. The Morgan fingerprint density at radius 3 is 2.59 bits per heavy atom. The summed E-state index contributed by atoms with van der Waals surface area (Å²) in [6.45, 7) is 1.91. The highest BCUT2D eigenvalue weighted by atomic mass is 79.9. The van der Waals surface area contributed by atoms with Crippen LogP contribution in [-0.2, 0) is 9.59 Å². The van der Waals surface area contributed by atoms with Crippen molar-refractivity contribution in [3.05, 3.63) is 34.3 Å². The number of nitrogens with zero attached hydrogens (tertiary/aromatic N) is 1. The van der Waals surface area contributed by atoms with Gasteiger partial charge in [-0.15, -0.1) is 0 Å². The molecule has 1 aliphatic rings. The fourth-order valence-electron chi connectivity index (χ4n) is 2.93. The number of benzene rings is 1. The summed E-state index contributed by atoms with van der Waals surface area (Å²) in [7, 11) is 0. The summed E-state index contributed by atoms with van der Waals surface area (Å²) in [5.41, 5.74) is 0.490. The van der Waals surface area contributed by atoms with E-state index in [1.807, 2.05) is 17.2 Å². The molecule has 1 unspecified atom stereocenters. The molecule has 3 amide bonds. The van der Waals surface area contributed by atoms with Crippen LogP contribution in [0.15, 0.2) is 28.7 Å². The number of amides is 3. The van der Waals surface area contributed by atoms with E-state index < -0.39 is 6.04 Å². The average Bonchev–Trinajstić information content (AvgIpc) is 3.20. The number of rotatable bonds is 9. The van der Waals surface area contributed by atoms with Crippen LogP contribution in [0.1, 0.15) is 36.0 Å². The zero-order valence-corrected chi connectivity index (χ0v) is 17.9. The third-order valence-electron chi connectivity index (χ3n) is 4.45. The topological polar surface area (TPSA) is 78.5 Å². The second-order valence-corrected chi connectivity index (χ2v) is 8.26. The first kappa shape index (κ1) is 21.8. The Morgan fingerprint density at radius 2 is 1.93 bits per heavy atom. The summed E-state index contributed by atoms with van der Waals surface area (Å²) in [4.78, 5) is 38.9. The fourth-order valence-corrected chi connectivity index (χ4v) is 3.86. The molecule has 1 saturated heterocycles. The number of halogens is 1. The van der Waals surface area contributed by atoms with Gasteiger partial charge in [0.2, 0.25) is 11.8 Å². The van der Waals surface area contributed by atoms with Gasteiger partial charge < -0.3 is 15.5 Å². The lowest BCUT2D eigenvalue weighted by atomic mass is 10.1. The van der Waals surface area contributed by atoms with Gasteiger partial charge in [-0.2, -0.15) is 11.8 Å². The standard InChI is InChI=1S/C19H26BrN3O3S/c1-27-13-9-16(22-18(25)14-6-2-3-7-15(14)20)19(26)21-10-8-17(24)23-11-4-5-12-23/h2-3,6-7,16H,4-5,8-13H2,1H3,(H,21,26)(H,22,25). The van der Waals surface area contributed by atoms with Crippen molar-refractivity contribution >= 4 is 45.4 Å². The van der Waals surface area contributed by atoms with Gasteiger partial charge >= 0.3 is 0 Å². The molecule has 148 valence electrons. The van der Waals surface area contributed by atoms with Crippen molar-refractivity contribution in [2.45, 2.75) is 31.7 Å². The smallest absolute Gasteiger partial charge is 0.253 e. The molecule has 1 aromatic rings. The highest BCUT2D eigenvalue weighted by Gasteiger charge is 2.23. The molecule has 2 N–H and O–H groups in total. The average molecular weight is 456 g/mol. The van der Waals surface area contributed by atoms with E-state index in [4.69, 9.17) is 0 Å². The number of thioether (sulfide) groups is 1. The van der Waals surface area contributed by atoms with Crippen LogP contribution in [0.2, 0.25) is 0 Å². The molecule has 2 rings (SSSR count). The van der Waals surface area contributed by atoms with Crippen molar-refractivity contribution in [3.63, 3.8) is 0 Å². The second-order valence-electron chi connectivity index (χ2n) is 6.42. The van der Waals surface area contributed by atoms with Gasteiger partial charge in [-0.1, -0.05) is 12.1 Å². The summed E-state index contributed by atoms with van der Waals surface area (Å²) >= 11 is 4.98. The van der Waals surface area contributed by atoms with Gasteiger partial charge in [0.1, 0.15) is 6.04 Å². The van der Waals surface area contributed by atoms with Crippen molar-refractivity contribution in [3.8, 4) is 0 Å². The molecule has 8 heteroatoms. The van der Waals surface area contributed by atoms with E-state index >= 15 is 0 Å². The van der Waals surface area contributed by atoms with Crippen molar-refractivity contribution in [1.82, 2.24) is 15.5 Å². The Kier molecular flexibility index (Phi) is 9.14. The van der Waals surface area contributed by atoms with Gasteiger partial charge in [-0.05, 0) is 59.3 Å². The van der Waals surface area contributed by atoms with E-state index in [0.29, 0.717) is 22.9 Å². The molecule has 27 heavy (non-hydrogen) atoms. The summed E-state index contributed by atoms with van der Waals surface area (Å²) in [5, 5.41) is 5.61. The largest absolute Gasteiger partial charge is 0.354 e. The molecule has 1 aromatic carbocycles. The van der Waals surface area contributed by atoms with Gasteiger partial charge in [-0.3, -0.25) is 14.4 Å². The van der Waals surface area contributed by atoms with Crippen LogP contribution in [0.5, 0.6) is 0 Å². The zero-order chi connectivity index (χ0) is 19.6. The lowest BCUT2D eigenvalue weighted by molar-refractivity contribution is -0.130. The molecule has 1 heterocycles. The predicted molar refractivity (Wildman–Crippen MR) is 112 cm³/mol. The van der Waals surface area contributed by atoms with Crippen LogP contribution in [0.4, 0.5) is 0 Å². The van der Waals surface area contributed by atoms with E-state index in [2.05, 4.69) is 26.6 Å². The molecule has 0 saturated carbocycles. The van der Waals surface area contributed by atoms with Crippen molar-refractivity contribution < 1.29 is 14.4 Å². The normalized spacial score (nSPS) is 14.7. The van der Waals surface area contributed by atoms with Gasteiger partial charge in [0.25, 0.3) is 5.91 Å². The summed E-state index contributed by atoms with van der Waals surface area (Å²) in [5.74, 6) is 0.280. The lowest BCUT2D eigenvalue weighted by Crippen LogP contribution is -2.47.